The van der Waals surface area contributed by atoms with Gasteiger partial charge in [-0.05, 0) is 59.7 Å². The number of rotatable bonds is 9. The molecule has 4 rings (SSSR count). The Morgan fingerprint density at radius 2 is 1.69 bits per heavy atom. The third-order valence-corrected chi connectivity index (χ3v) is 6.31. The maximum Gasteiger partial charge on any atom is 0.316 e. The SMILES string of the molecule is CCCc1nc(=O)c(Oc2cccc(CC)c2)c(CC)n1Cc1ccc(-c2ccccc2C#N)cc1. The number of nitrogens with zero attached hydrogens (tertiary/aromatic N) is 3. The summed E-state index contributed by atoms with van der Waals surface area (Å²) in [6.45, 7) is 6.80. The fourth-order valence-corrected chi connectivity index (χ4v) is 4.44. The highest BCUT2D eigenvalue weighted by atomic mass is 16.5. The van der Waals surface area contributed by atoms with Crippen LogP contribution in [0.25, 0.3) is 11.1 Å². The highest BCUT2D eigenvalue weighted by Crippen LogP contribution is 2.27. The summed E-state index contributed by atoms with van der Waals surface area (Å²) < 4.78 is 8.29. The Kier molecular flexibility index (Phi) is 7.97. The zero-order chi connectivity index (χ0) is 25.5. The lowest BCUT2D eigenvalue weighted by Gasteiger charge is -2.20. The average molecular weight is 478 g/mol. The largest absolute Gasteiger partial charge is 0.450 e. The minimum absolute atomic E-state index is 0.296. The van der Waals surface area contributed by atoms with E-state index in [4.69, 9.17) is 4.74 Å². The third-order valence-electron chi connectivity index (χ3n) is 6.31. The van der Waals surface area contributed by atoms with Crippen molar-refractivity contribution < 1.29 is 4.74 Å². The van der Waals surface area contributed by atoms with Gasteiger partial charge in [-0.25, -0.2) is 0 Å². The number of hydrogen-bond acceptors (Lipinski definition) is 4. The maximum absolute atomic E-state index is 13.0. The molecule has 0 N–H and O–H groups in total. The first kappa shape index (κ1) is 24.9. The topological polar surface area (TPSA) is 67.9 Å². The number of hydrogen-bond donors (Lipinski definition) is 0. The third kappa shape index (κ3) is 5.39. The first-order valence-electron chi connectivity index (χ1n) is 12.6. The van der Waals surface area contributed by atoms with Gasteiger partial charge >= 0.3 is 5.56 Å². The van der Waals surface area contributed by atoms with Crippen molar-refractivity contribution in [3.63, 3.8) is 0 Å². The smallest absolute Gasteiger partial charge is 0.316 e. The van der Waals surface area contributed by atoms with E-state index in [2.05, 4.69) is 41.6 Å². The van der Waals surface area contributed by atoms with Gasteiger partial charge in [0.05, 0.1) is 17.3 Å². The molecular weight excluding hydrogens is 446 g/mol. The van der Waals surface area contributed by atoms with Crippen LogP contribution in [0.3, 0.4) is 0 Å². The van der Waals surface area contributed by atoms with Crippen molar-refractivity contribution >= 4 is 0 Å². The molecule has 1 aromatic heterocycles. The van der Waals surface area contributed by atoms with Gasteiger partial charge < -0.3 is 9.30 Å². The minimum Gasteiger partial charge on any atom is -0.450 e. The molecule has 4 aromatic rings. The standard InChI is InChI=1S/C31H31N3O2/c1-4-10-29-33-31(35)30(36-26-13-9-11-22(5-2)19-26)28(6-3)34(29)21-23-15-17-24(18-16-23)27-14-8-7-12-25(27)20-32/h7-9,11-19H,4-6,10,21H2,1-3H3. The van der Waals surface area contributed by atoms with Crippen molar-refractivity contribution in [1.82, 2.24) is 9.55 Å². The van der Waals surface area contributed by atoms with Crippen LogP contribution in [0.1, 0.15) is 55.4 Å². The molecule has 0 amide bonds. The van der Waals surface area contributed by atoms with Crippen LogP contribution in [0, 0.1) is 11.3 Å². The van der Waals surface area contributed by atoms with Crippen molar-refractivity contribution in [3.05, 3.63) is 111 Å². The second kappa shape index (κ2) is 11.5. The summed E-state index contributed by atoms with van der Waals surface area (Å²) in [6.07, 6.45) is 3.13. The van der Waals surface area contributed by atoms with Crippen LogP contribution in [0.2, 0.25) is 0 Å². The maximum atomic E-state index is 13.0. The molecule has 5 nitrogen and oxygen atoms in total. The normalized spacial score (nSPS) is 10.7. The molecule has 3 aromatic carbocycles. The first-order valence-corrected chi connectivity index (χ1v) is 12.6. The Bertz CT molecular complexity index is 1450. The van der Waals surface area contributed by atoms with Gasteiger partial charge in [-0.3, -0.25) is 4.79 Å². The molecular formula is C31H31N3O2. The zero-order valence-electron chi connectivity index (χ0n) is 21.1. The van der Waals surface area contributed by atoms with Crippen LogP contribution >= 0.6 is 0 Å². The minimum atomic E-state index is -0.322. The number of aryl methyl sites for hydroxylation is 2. The monoisotopic (exact) mass is 477 g/mol. The molecule has 0 spiro atoms. The molecule has 0 saturated carbocycles. The second-order valence-electron chi connectivity index (χ2n) is 8.76. The van der Waals surface area contributed by atoms with Crippen LogP contribution in [0.5, 0.6) is 11.5 Å². The van der Waals surface area contributed by atoms with E-state index < -0.39 is 0 Å². The molecule has 0 radical (unpaired) electrons. The predicted molar refractivity (Wildman–Crippen MR) is 143 cm³/mol. The average Bonchev–Trinajstić information content (AvgIpc) is 2.92. The Hall–Kier alpha value is -4.17. The fraction of sp³-hybridized carbons (Fsp3) is 0.258. The highest BCUT2D eigenvalue weighted by molar-refractivity contribution is 5.70. The molecule has 5 heteroatoms. The van der Waals surface area contributed by atoms with Gasteiger partial charge in [0.25, 0.3) is 0 Å². The van der Waals surface area contributed by atoms with E-state index in [0.717, 1.165) is 46.6 Å². The van der Waals surface area contributed by atoms with Crippen LogP contribution in [-0.2, 0) is 25.8 Å². The van der Waals surface area contributed by atoms with E-state index in [1.807, 2.05) is 67.6 Å². The summed E-state index contributed by atoms with van der Waals surface area (Å²) in [4.78, 5) is 17.5. The van der Waals surface area contributed by atoms with Crippen molar-refractivity contribution in [2.75, 3.05) is 0 Å². The molecule has 0 aliphatic rings. The molecule has 36 heavy (non-hydrogen) atoms. The molecule has 0 aliphatic carbocycles. The van der Waals surface area contributed by atoms with Crippen molar-refractivity contribution in [3.8, 4) is 28.7 Å². The molecule has 1 heterocycles. The molecule has 0 bridgehead atoms. The molecule has 0 atom stereocenters. The fourth-order valence-electron chi connectivity index (χ4n) is 4.44. The van der Waals surface area contributed by atoms with Gasteiger partial charge in [0, 0.05) is 13.0 Å². The summed E-state index contributed by atoms with van der Waals surface area (Å²) >= 11 is 0. The summed E-state index contributed by atoms with van der Waals surface area (Å²) in [5.74, 6) is 1.72. The number of ether oxygens (including phenoxy) is 1. The van der Waals surface area contributed by atoms with Gasteiger partial charge in [-0.1, -0.05) is 75.4 Å². The van der Waals surface area contributed by atoms with Crippen molar-refractivity contribution in [2.45, 2.75) is 53.0 Å². The van der Waals surface area contributed by atoms with Crippen LogP contribution in [0.15, 0.2) is 77.6 Å². The molecule has 182 valence electrons. The van der Waals surface area contributed by atoms with Gasteiger partial charge in [-0.2, -0.15) is 10.2 Å². The highest BCUT2D eigenvalue weighted by Gasteiger charge is 2.18. The van der Waals surface area contributed by atoms with Crippen LogP contribution < -0.4 is 10.3 Å². The van der Waals surface area contributed by atoms with Crippen LogP contribution in [0.4, 0.5) is 0 Å². The van der Waals surface area contributed by atoms with Crippen LogP contribution in [-0.4, -0.2) is 9.55 Å². The van der Waals surface area contributed by atoms with E-state index >= 15 is 0 Å². The van der Waals surface area contributed by atoms with Crippen molar-refractivity contribution in [2.24, 2.45) is 0 Å². The molecule has 0 unspecified atom stereocenters. The quantitative estimate of drug-likeness (QED) is 0.269. The summed E-state index contributed by atoms with van der Waals surface area (Å²) in [5, 5.41) is 9.45. The van der Waals surface area contributed by atoms with Crippen molar-refractivity contribution in [1.29, 1.82) is 5.26 Å². The molecule has 0 aliphatic heterocycles. The summed E-state index contributed by atoms with van der Waals surface area (Å²) in [7, 11) is 0. The van der Waals surface area contributed by atoms with E-state index in [9.17, 15) is 10.1 Å². The summed E-state index contributed by atoms with van der Waals surface area (Å²) in [5.41, 5.74) is 5.34. The lowest BCUT2D eigenvalue weighted by Crippen LogP contribution is -2.24. The van der Waals surface area contributed by atoms with E-state index in [-0.39, 0.29) is 5.56 Å². The van der Waals surface area contributed by atoms with Gasteiger partial charge in [0.1, 0.15) is 11.6 Å². The van der Waals surface area contributed by atoms with E-state index in [1.165, 1.54) is 0 Å². The van der Waals surface area contributed by atoms with E-state index in [0.29, 0.717) is 36.4 Å². The summed E-state index contributed by atoms with van der Waals surface area (Å²) in [6, 6.07) is 26.0. The number of benzene rings is 3. The zero-order valence-corrected chi connectivity index (χ0v) is 21.1. The Labute approximate surface area is 212 Å². The lowest BCUT2D eigenvalue weighted by molar-refractivity contribution is 0.449. The molecule has 0 saturated heterocycles. The number of nitriles is 1. The second-order valence-corrected chi connectivity index (χ2v) is 8.76. The first-order chi connectivity index (χ1) is 17.6. The lowest BCUT2D eigenvalue weighted by atomic mass is 9.99. The van der Waals surface area contributed by atoms with Gasteiger partial charge in [0.2, 0.25) is 5.75 Å². The predicted octanol–water partition coefficient (Wildman–Crippen LogP) is 6.70. The Morgan fingerprint density at radius 1 is 0.917 bits per heavy atom. The number of aromatic nitrogens is 2. The Balaban J connectivity index is 1.72. The van der Waals surface area contributed by atoms with Gasteiger partial charge in [0.15, 0.2) is 0 Å². The van der Waals surface area contributed by atoms with E-state index in [1.54, 1.807) is 0 Å². The Morgan fingerprint density at radius 3 is 2.39 bits per heavy atom. The molecule has 0 fully saturated rings. The van der Waals surface area contributed by atoms with Gasteiger partial charge in [-0.15, -0.1) is 0 Å².